The Morgan fingerprint density at radius 2 is 1.84 bits per heavy atom. The molecule has 1 aliphatic carbocycles. The van der Waals surface area contributed by atoms with Crippen LogP contribution >= 0.6 is 0 Å². The van der Waals surface area contributed by atoms with E-state index in [2.05, 4.69) is 9.80 Å². The van der Waals surface area contributed by atoms with Gasteiger partial charge in [-0.3, -0.25) is 14.6 Å². The molecule has 3 aliphatic rings. The highest BCUT2D eigenvalue weighted by molar-refractivity contribution is 5.85. The van der Waals surface area contributed by atoms with E-state index in [1.165, 1.54) is 32.4 Å². The van der Waals surface area contributed by atoms with E-state index in [1.807, 2.05) is 0 Å². The third-order valence-corrected chi connectivity index (χ3v) is 5.15. The third-order valence-electron chi connectivity index (χ3n) is 5.15. The first-order chi connectivity index (χ1) is 9.09. The van der Waals surface area contributed by atoms with Gasteiger partial charge >= 0.3 is 0 Å². The lowest BCUT2D eigenvalue weighted by molar-refractivity contribution is -0.124. The molecule has 3 rings (SSSR count). The topological polar surface area (TPSA) is 75.6 Å². The van der Waals surface area contributed by atoms with E-state index in [-0.39, 0.29) is 5.91 Å². The number of nitrogens with zero attached hydrogens (tertiary/aromatic N) is 2. The molecule has 5 nitrogen and oxygen atoms in total. The normalized spacial score (nSPS) is 32.6. The summed E-state index contributed by atoms with van der Waals surface area (Å²) in [4.78, 5) is 16.6. The van der Waals surface area contributed by atoms with E-state index < -0.39 is 5.54 Å². The molecule has 4 N–H and O–H groups in total. The molecule has 0 bridgehead atoms. The fraction of sp³-hybridized carbons (Fsp3) is 0.929. The number of likely N-dealkylation sites (tertiary alicyclic amines) is 2. The van der Waals surface area contributed by atoms with Crippen LogP contribution in [0.15, 0.2) is 0 Å². The van der Waals surface area contributed by atoms with Gasteiger partial charge < -0.3 is 11.5 Å². The summed E-state index contributed by atoms with van der Waals surface area (Å²) in [7, 11) is 0. The summed E-state index contributed by atoms with van der Waals surface area (Å²) >= 11 is 0. The number of rotatable bonds is 5. The Morgan fingerprint density at radius 3 is 2.42 bits per heavy atom. The van der Waals surface area contributed by atoms with Gasteiger partial charge in [-0.25, -0.2) is 0 Å². The van der Waals surface area contributed by atoms with Gasteiger partial charge in [0.1, 0.15) is 5.54 Å². The quantitative estimate of drug-likeness (QED) is 0.719. The molecule has 1 amide bonds. The van der Waals surface area contributed by atoms with Crippen molar-refractivity contribution in [1.29, 1.82) is 0 Å². The maximum atomic E-state index is 11.7. The molecule has 0 aromatic carbocycles. The van der Waals surface area contributed by atoms with Crippen LogP contribution < -0.4 is 11.5 Å². The fourth-order valence-electron chi connectivity index (χ4n) is 3.74. The fourth-order valence-corrected chi connectivity index (χ4v) is 3.74. The average Bonchev–Trinajstić information content (AvgIpc) is 2.90. The highest BCUT2D eigenvalue weighted by atomic mass is 16.1. The van der Waals surface area contributed by atoms with E-state index in [0.717, 1.165) is 25.9 Å². The van der Waals surface area contributed by atoms with E-state index >= 15 is 0 Å². The van der Waals surface area contributed by atoms with E-state index in [9.17, 15) is 4.79 Å². The van der Waals surface area contributed by atoms with Gasteiger partial charge in [-0.15, -0.1) is 0 Å². The highest BCUT2D eigenvalue weighted by Crippen LogP contribution is 2.39. The summed E-state index contributed by atoms with van der Waals surface area (Å²) in [5, 5.41) is 0. The Kier molecular flexibility index (Phi) is 3.53. The van der Waals surface area contributed by atoms with Gasteiger partial charge in [-0.05, 0) is 57.7 Å². The molecule has 2 unspecified atom stereocenters. The van der Waals surface area contributed by atoms with Gasteiger partial charge in [0.2, 0.25) is 5.91 Å². The van der Waals surface area contributed by atoms with Crippen LogP contribution in [0.2, 0.25) is 0 Å². The molecule has 2 heterocycles. The SMILES string of the molecule is NC(=O)C(N)(CN1CCC(N2CCCC2)C1)C1CC1. The predicted octanol–water partition coefficient (Wildman–Crippen LogP) is -0.251. The van der Waals surface area contributed by atoms with Crippen LogP contribution in [0.25, 0.3) is 0 Å². The number of nitrogens with two attached hydrogens (primary N) is 2. The van der Waals surface area contributed by atoms with Crippen molar-refractivity contribution in [2.75, 3.05) is 32.7 Å². The number of hydrogen-bond donors (Lipinski definition) is 2. The molecule has 2 aliphatic heterocycles. The number of amides is 1. The largest absolute Gasteiger partial charge is 0.368 e. The smallest absolute Gasteiger partial charge is 0.239 e. The summed E-state index contributed by atoms with van der Waals surface area (Å²) in [5.74, 6) is -0.00420. The first-order valence-electron chi connectivity index (χ1n) is 7.65. The number of primary amides is 1. The maximum Gasteiger partial charge on any atom is 0.239 e. The van der Waals surface area contributed by atoms with Crippen LogP contribution in [0.3, 0.4) is 0 Å². The Balaban J connectivity index is 1.57. The molecule has 1 saturated carbocycles. The molecule has 2 saturated heterocycles. The first kappa shape index (κ1) is 13.3. The minimum absolute atomic E-state index is 0.316. The lowest BCUT2D eigenvalue weighted by Crippen LogP contribution is -2.60. The zero-order valence-electron chi connectivity index (χ0n) is 11.7. The first-order valence-corrected chi connectivity index (χ1v) is 7.65. The second-order valence-electron chi connectivity index (χ2n) is 6.60. The van der Waals surface area contributed by atoms with Crippen molar-refractivity contribution in [3.63, 3.8) is 0 Å². The van der Waals surface area contributed by atoms with Crippen LogP contribution in [0.5, 0.6) is 0 Å². The van der Waals surface area contributed by atoms with Crippen molar-refractivity contribution in [3.8, 4) is 0 Å². The van der Waals surface area contributed by atoms with E-state index in [1.54, 1.807) is 0 Å². The summed E-state index contributed by atoms with van der Waals surface area (Å²) < 4.78 is 0. The molecule has 2 atom stereocenters. The zero-order valence-corrected chi connectivity index (χ0v) is 11.7. The highest BCUT2D eigenvalue weighted by Gasteiger charge is 2.48. The molecular weight excluding hydrogens is 240 g/mol. The van der Waals surface area contributed by atoms with Crippen molar-refractivity contribution < 1.29 is 4.79 Å². The molecule has 0 aromatic heterocycles. The predicted molar refractivity (Wildman–Crippen MR) is 74.5 cm³/mol. The second kappa shape index (κ2) is 5.04. The van der Waals surface area contributed by atoms with Crippen molar-refractivity contribution in [3.05, 3.63) is 0 Å². The Labute approximate surface area is 115 Å². The summed E-state index contributed by atoms with van der Waals surface area (Å²) in [5.41, 5.74) is 11.0. The van der Waals surface area contributed by atoms with Crippen LogP contribution in [-0.4, -0.2) is 60.0 Å². The number of carbonyl (C=O) groups excluding carboxylic acids is 1. The number of carbonyl (C=O) groups is 1. The van der Waals surface area contributed by atoms with Crippen LogP contribution in [0.1, 0.15) is 32.1 Å². The van der Waals surface area contributed by atoms with Gasteiger partial charge in [-0.2, -0.15) is 0 Å². The summed E-state index contributed by atoms with van der Waals surface area (Å²) in [6.07, 6.45) is 5.99. The van der Waals surface area contributed by atoms with Crippen LogP contribution in [0, 0.1) is 5.92 Å². The Morgan fingerprint density at radius 1 is 1.16 bits per heavy atom. The van der Waals surface area contributed by atoms with Crippen molar-refractivity contribution in [2.45, 2.75) is 43.7 Å². The zero-order chi connectivity index (χ0) is 13.5. The van der Waals surface area contributed by atoms with Crippen molar-refractivity contribution >= 4 is 5.91 Å². The molecule has 108 valence electrons. The van der Waals surface area contributed by atoms with Gasteiger partial charge in [0.15, 0.2) is 0 Å². The molecule has 5 heteroatoms. The van der Waals surface area contributed by atoms with Crippen LogP contribution in [-0.2, 0) is 4.79 Å². The third kappa shape index (κ3) is 2.64. The molecule has 0 aromatic rings. The Bertz CT molecular complexity index is 351. The Hall–Kier alpha value is -0.650. The van der Waals surface area contributed by atoms with Gasteiger partial charge in [-0.1, -0.05) is 0 Å². The van der Waals surface area contributed by atoms with Gasteiger partial charge in [0, 0.05) is 19.1 Å². The number of hydrogen-bond acceptors (Lipinski definition) is 4. The molecule has 0 radical (unpaired) electrons. The standard InChI is InChI=1S/C14H26N4O/c15-13(19)14(16,11-3-4-11)10-17-8-5-12(9-17)18-6-1-2-7-18/h11-12H,1-10,16H2,(H2,15,19). The van der Waals surface area contributed by atoms with Gasteiger partial charge in [0.25, 0.3) is 0 Å². The van der Waals surface area contributed by atoms with Crippen molar-refractivity contribution in [2.24, 2.45) is 17.4 Å². The van der Waals surface area contributed by atoms with Crippen LogP contribution in [0.4, 0.5) is 0 Å². The van der Waals surface area contributed by atoms with Crippen molar-refractivity contribution in [1.82, 2.24) is 9.80 Å². The second-order valence-corrected chi connectivity index (χ2v) is 6.60. The monoisotopic (exact) mass is 266 g/mol. The summed E-state index contributed by atoms with van der Waals surface area (Å²) in [6, 6.07) is 0.666. The molecule has 3 fully saturated rings. The molecular formula is C14H26N4O. The minimum atomic E-state index is -0.792. The minimum Gasteiger partial charge on any atom is -0.368 e. The van der Waals surface area contributed by atoms with E-state index in [0.29, 0.717) is 18.5 Å². The summed E-state index contributed by atoms with van der Waals surface area (Å²) in [6.45, 7) is 5.24. The molecule has 19 heavy (non-hydrogen) atoms. The van der Waals surface area contributed by atoms with E-state index in [4.69, 9.17) is 11.5 Å². The molecule has 0 spiro atoms. The maximum absolute atomic E-state index is 11.7. The lowest BCUT2D eigenvalue weighted by Gasteiger charge is -2.31. The lowest BCUT2D eigenvalue weighted by atomic mass is 9.93. The average molecular weight is 266 g/mol. The van der Waals surface area contributed by atoms with Gasteiger partial charge in [0.05, 0.1) is 0 Å².